The Morgan fingerprint density at radius 2 is 1.21 bits per heavy atom. The molecule has 14 heavy (non-hydrogen) atoms. The predicted molar refractivity (Wildman–Crippen MR) is 56.1 cm³/mol. The molecule has 0 aromatic carbocycles. The lowest BCUT2D eigenvalue weighted by molar-refractivity contribution is -0.306. The molecule has 0 aromatic rings. The van der Waals surface area contributed by atoms with Gasteiger partial charge in [-0.05, 0) is 27.8 Å². The molecule has 0 unspecified atom stereocenters. The summed E-state index contributed by atoms with van der Waals surface area (Å²) in [6.07, 6.45) is 0. The molecule has 0 saturated heterocycles. The molecule has 7 heteroatoms. The quantitative estimate of drug-likeness (QED) is 0.375. The minimum absolute atomic E-state index is 0. The van der Waals surface area contributed by atoms with Gasteiger partial charge in [-0.2, -0.15) is 0 Å². The first kappa shape index (κ1) is 23.5. The van der Waals surface area contributed by atoms with Crippen molar-refractivity contribution in [3.05, 3.63) is 0 Å². The maximum absolute atomic E-state index is 9.67. The average Bonchev–Trinajstić information content (AvgIpc) is 2.09. The summed E-state index contributed by atoms with van der Waals surface area (Å²) < 4.78 is 29.0. The molecular formula is C7H23BF3NO2. The molecule has 0 fully saturated rings. The van der Waals surface area contributed by atoms with Crippen LogP contribution in [0, 0.1) is 0 Å². The van der Waals surface area contributed by atoms with Crippen molar-refractivity contribution in [1.82, 2.24) is 0 Å². The molecule has 0 aliphatic carbocycles. The summed E-state index contributed by atoms with van der Waals surface area (Å²) >= 11 is 0. The van der Waals surface area contributed by atoms with Crippen LogP contribution < -0.4 is 5.73 Å². The van der Waals surface area contributed by atoms with Crippen molar-refractivity contribution in [3.63, 3.8) is 0 Å². The van der Waals surface area contributed by atoms with Gasteiger partial charge >= 0.3 is 7.54 Å². The number of rotatable bonds is 0. The van der Waals surface area contributed by atoms with Gasteiger partial charge in [-0.1, -0.05) is 13.8 Å². The van der Waals surface area contributed by atoms with Crippen LogP contribution in [0.25, 0.3) is 0 Å². The molecule has 0 amide bonds. The zero-order valence-electron chi connectivity index (χ0n) is 9.64. The van der Waals surface area contributed by atoms with E-state index in [9.17, 15) is 12.9 Å². The van der Waals surface area contributed by atoms with Crippen LogP contribution in [0.1, 0.15) is 36.0 Å². The van der Waals surface area contributed by atoms with Gasteiger partial charge in [0.1, 0.15) is 0 Å². The molecule has 0 aliphatic rings. The summed E-state index contributed by atoms with van der Waals surface area (Å²) in [7, 11) is -2.17. The topological polar surface area (TPSA) is 55.5 Å². The van der Waals surface area contributed by atoms with Crippen molar-refractivity contribution >= 4 is 7.54 Å². The van der Waals surface area contributed by atoms with Crippen LogP contribution in [0.15, 0.2) is 0 Å². The monoisotopic (exact) mass is 221 g/mol. The molecule has 0 spiro atoms. The average molecular weight is 221 g/mol. The Morgan fingerprint density at radius 1 is 1.14 bits per heavy atom. The zero-order valence-corrected chi connectivity index (χ0v) is 9.64. The molecule has 92 valence electrons. The van der Waals surface area contributed by atoms with E-state index in [-0.39, 0.29) is 1.43 Å². The van der Waals surface area contributed by atoms with Crippen LogP contribution >= 0.6 is 0 Å². The molecule has 3 nitrogen and oxygen atoms in total. The molecule has 0 saturated carbocycles. The van der Waals surface area contributed by atoms with Gasteiger partial charge in [0.15, 0.2) is 0 Å². The third-order valence-electron chi connectivity index (χ3n) is 0.274. The Labute approximate surface area is 86.1 Å². The fourth-order valence-corrected chi connectivity index (χ4v) is 0. The highest BCUT2D eigenvalue weighted by molar-refractivity contribution is 6.33. The van der Waals surface area contributed by atoms with E-state index >= 15 is 0 Å². The summed E-state index contributed by atoms with van der Waals surface area (Å²) in [4.78, 5) is 3.94. The van der Waals surface area contributed by atoms with Crippen LogP contribution in [0.5, 0.6) is 0 Å². The minimum Gasteiger partial charge on any atom is -0.333 e. The highest BCUT2D eigenvalue weighted by Crippen LogP contribution is 2.01. The maximum atomic E-state index is 9.67. The van der Waals surface area contributed by atoms with E-state index in [1.54, 1.807) is 20.8 Å². The summed E-state index contributed by atoms with van der Waals surface area (Å²) in [5.74, 6) is 0. The second kappa shape index (κ2) is 18.5. The lowest BCUT2D eigenvalue weighted by Gasteiger charge is -2.10. The third kappa shape index (κ3) is 181. The van der Waals surface area contributed by atoms with Crippen molar-refractivity contribution in [2.24, 2.45) is 5.73 Å². The standard InChI is InChI=1S/C4H10O2.C2H6.CH5N.BF3.H2/c1-4(2,3)6-5;2*1-2;2-1(3)4;/h5H,1-3H3;1-2H3;2H2,1H3;;1H. The van der Waals surface area contributed by atoms with E-state index in [0.717, 1.165) is 0 Å². The van der Waals surface area contributed by atoms with Crippen molar-refractivity contribution in [2.75, 3.05) is 7.05 Å². The fraction of sp³-hybridized carbons (Fsp3) is 1.00. The first-order valence-corrected chi connectivity index (χ1v) is 4.12. The van der Waals surface area contributed by atoms with Gasteiger partial charge in [0.05, 0.1) is 5.60 Å². The van der Waals surface area contributed by atoms with Gasteiger partial charge in [0.25, 0.3) is 0 Å². The van der Waals surface area contributed by atoms with Crippen LogP contribution in [-0.4, -0.2) is 25.5 Å². The molecular weight excluding hydrogens is 198 g/mol. The van der Waals surface area contributed by atoms with Crippen LogP contribution in [0.4, 0.5) is 12.9 Å². The Morgan fingerprint density at radius 3 is 1.21 bits per heavy atom. The molecule has 3 N–H and O–H groups in total. The van der Waals surface area contributed by atoms with Crippen molar-refractivity contribution in [2.45, 2.75) is 40.2 Å². The van der Waals surface area contributed by atoms with Crippen molar-refractivity contribution < 1.29 is 24.5 Å². The molecule has 0 atom stereocenters. The van der Waals surface area contributed by atoms with E-state index in [2.05, 4.69) is 10.6 Å². The molecule has 0 bridgehead atoms. The highest BCUT2D eigenvalue weighted by Gasteiger charge is 2.07. The van der Waals surface area contributed by atoms with Crippen LogP contribution in [0.2, 0.25) is 0 Å². The minimum atomic E-state index is -3.67. The number of halogens is 3. The number of hydrogen-bond donors (Lipinski definition) is 2. The summed E-state index contributed by atoms with van der Waals surface area (Å²) in [6, 6.07) is 0. The predicted octanol–water partition coefficient (Wildman–Crippen LogP) is 3.00. The highest BCUT2D eigenvalue weighted by atomic mass is 19.4. The van der Waals surface area contributed by atoms with Crippen molar-refractivity contribution in [1.29, 1.82) is 0 Å². The van der Waals surface area contributed by atoms with E-state index in [1.807, 2.05) is 13.8 Å². The van der Waals surface area contributed by atoms with Crippen LogP contribution in [0.3, 0.4) is 0 Å². The van der Waals surface area contributed by atoms with E-state index in [4.69, 9.17) is 5.26 Å². The summed E-state index contributed by atoms with van der Waals surface area (Å²) in [6.45, 7) is 9.31. The smallest absolute Gasteiger partial charge is 0.333 e. The molecule has 0 heterocycles. The van der Waals surface area contributed by atoms with Gasteiger partial charge in [0, 0.05) is 1.43 Å². The zero-order chi connectivity index (χ0) is 12.8. The number of hydrogen-bond acceptors (Lipinski definition) is 3. The number of nitrogens with two attached hydrogens (primary N) is 1. The fourth-order valence-electron chi connectivity index (χ4n) is 0. The summed E-state index contributed by atoms with van der Waals surface area (Å²) in [5.41, 5.74) is 4.10. The second-order valence-corrected chi connectivity index (χ2v) is 2.45. The normalized spacial score (nSPS) is 7.93. The largest absolute Gasteiger partial charge is 0.762 e. The van der Waals surface area contributed by atoms with Gasteiger partial charge in [0.2, 0.25) is 0 Å². The maximum Gasteiger partial charge on any atom is 0.762 e. The first-order valence-electron chi connectivity index (χ1n) is 4.12. The Balaban J connectivity index is -0.0000000327. The Bertz CT molecular complexity index is 84.4. The van der Waals surface area contributed by atoms with E-state index < -0.39 is 13.1 Å². The van der Waals surface area contributed by atoms with Gasteiger partial charge < -0.3 is 5.73 Å². The molecule has 0 aliphatic heterocycles. The van der Waals surface area contributed by atoms with Gasteiger partial charge in [-0.3, -0.25) is 18.2 Å². The third-order valence-corrected chi connectivity index (χ3v) is 0.274. The molecule has 0 aromatic heterocycles. The first-order chi connectivity index (χ1) is 6.29. The lowest BCUT2D eigenvalue weighted by Crippen LogP contribution is -2.15. The summed E-state index contributed by atoms with van der Waals surface area (Å²) in [5, 5.41) is 7.90. The molecule has 0 radical (unpaired) electrons. The molecule has 0 rings (SSSR count). The van der Waals surface area contributed by atoms with E-state index in [0.29, 0.717) is 0 Å². The Hall–Kier alpha value is -0.265. The van der Waals surface area contributed by atoms with Gasteiger partial charge in [-0.15, -0.1) is 0 Å². The second-order valence-electron chi connectivity index (χ2n) is 2.45. The SMILES string of the molecule is CC.CC(C)(C)OO.CN.FB(F)F.[HH]. The lowest BCUT2D eigenvalue weighted by atomic mass is 10.2. The van der Waals surface area contributed by atoms with Crippen LogP contribution in [-0.2, 0) is 4.89 Å². The van der Waals surface area contributed by atoms with E-state index in [1.165, 1.54) is 7.05 Å². The van der Waals surface area contributed by atoms with Crippen molar-refractivity contribution in [3.8, 4) is 0 Å². The van der Waals surface area contributed by atoms with Gasteiger partial charge in [-0.25, -0.2) is 4.89 Å². The Kier molecular flexibility index (Phi) is 31.1.